The third-order valence-electron chi connectivity index (χ3n) is 4.52. The minimum Gasteiger partial charge on any atom is -0.383 e. The van der Waals surface area contributed by atoms with Gasteiger partial charge in [-0.05, 0) is 43.0 Å². The summed E-state index contributed by atoms with van der Waals surface area (Å²) >= 11 is 0. The molecule has 4 heterocycles. The highest BCUT2D eigenvalue weighted by Crippen LogP contribution is 2.29. The van der Waals surface area contributed by atoms with Crippen molar-refractivity contribution in [2.45, 2.75) is 19.9 Å². The van der Waals surface area contributed by atoms with E-state index in [0.717, 1.165) is 33.3 Å². The molecule has 0 fully saturated rings. The van der Waals surface area contributed by atoms with Crippen molar-refractivity contribution in [2.24, 2.45) is 0 Å². The molecule has 8 nitrogen and oxygen atoms in total. The van der Waals surface area contributed by atoms with Gasteiger partial charge < -0.3 is 11.1 Å². The average Bonchev–Trinajstić information content (AvgIpc) is 3.16. The van der Waals surface area contributed by atoms with E-state index in [4.69, 9.17) is 11.0 Å². The molecule has 4 aromatic rings. The zero-order valence-electron chi connectivity index (χ0n) is 15.5. The topological polar surface area (TPSA) is 118 Å². The molecule has 8 heteroatoms. The maximum Gasteiger partial charge on any atom is 0.135 e. The summed E-state index contributed by atoms with van der Waals surface area (Å²) in [4.78, 5) is 13.1. The van der Waals surface area contributed by atoms with Crippen molar-refractivity contribution in [2.75, 3.05) is 11.1 Å². The number of pyridine rings is 3. The smallest absolute Gasteiger partial charge is 0.135 e. The van der Waals surface area contributed by atoms with Gasteiger partial charge in [-0.1, -0.05) is 0 Å². The van der Waals surface area contributed by atoms with E-state index in [9.17, 15) is 0 Å². The molecule has 3 N–H and O–H groups in total. The molecule has 0 saturated heterocycles. The molecule has 0 aliphatic rings. The highest BCUT2D eigenvalue weighted by atomic mass is 15.3. The molecular formula is C20H18N8. The van der Waals surface area contributed by atoms with Crippen LogP contribution in [0.3, 0.4) is 0 Å². The zero-order chi connectivity index (χ0) is 19.7. The first-order chi connectivity index (χ1) is 13.5. The van der Waals surface area contributed by atoms with Gasteiger partial charge in [0.15, 0.2) is 0 Å². The summed E-state index contributed by atoms with van der Waals surface area (Å²) in [5, 5.41) is 18.1. The number of anilines is 3. The van der Waals surface area contributed by atoms with Crippen LogP contribution in [0, 0.1) is 18.3 Å². The molecular weight excluding hydrogens is 352 g/mol. The molecule has 0 aliphatic heterocycles. The largest absolute Gasteiger partial charge is 0.383 e. The second-order valence-electron chi connectivity index (χ2n) is 6.51. The molecule has 138 valence electrons. The van der Waals surface area contributed by atoms with Gasteiger partial charge in [-0.3, -0.25) is 9.67 Å². The van der Waals surface area contributed by atoms with E-state index in [1.54, 1.807) is 42.6 Å². The lowest BCUT2D eigenvalue weighted by Gasteiger charge is -2.10. The number of fused-ring (bicyclic) bond motifs is 1. The predicted octanol–water partition coefficient (Wildman–Crippen LogP) is 3.61. The Balaban J connectivity index is 1.71. The summed E-state index contributed by atoms with van der Waals surface area (Å²) in [7, 11) is 0. The third kappa shape index (κ3) is 3.21. The van der Waals surface area contributed by atoms with Crippen molar-refractivity contribution < 1.29 is 0 Å². The van der Waals surface area contributed by atoms with Gasteiger partial charge in [-0.25, -0.2) is 9.97 Å². The van der Waals surface area contributed by atoms with E-state index in [1.807, 2.05) is 25.1 Å². The van der Waals surface area contributed by atoms with Gasteiger partial charge in [0, 0.05) is 35.7 Å². The Kier molecular flexibility index (Phi) is 4.33. The number of hydrogen-bond acceptors (Lipinski definition) is 7. The highest BCUT2D eigenvalue weighted by molar-refractivity contribution is 5.94. The van der Waals surface area contributed by atoms with Crippen LogP contribution in [0.2, 0.25) is 0 Å². The highest BCUT2D eigenvalue weighted by Gasteiger charge is 2.10. The summed E-state index contributed by atoms with van der Waals surface area (Å²) in [6.07, 6.45) is 8.66. The summed E-state index contributed by atoms with van der Waals surface area (Å²) in [5.74, 6) is 1.07. The number of nitrogens with zero attached hydrogens (tertiary/aromatic N) is 6. The van der Waals surface area contributed by atoms with Crippen molar-refractivity contribution in [1.29, 1.82) is 5.26 Å². The zero-order valence-corrected chi connectivity index (χ0v) is 15.5. The van der Waals surface area contributed by atoms with Gasteiger partial charge in [0.05, 0.1) is 23.6 Å². The fraction of sp³-hybridized carbons (Fsp3) is 0.150. The summed E-state index contributed by atoms with van der Waals surface area (Å²) in [6, 6.07) is 7.64. The van der Waals surface area contributed by atoms with Crippen LogP contribution in [-0.4, -0.2) is 24.7 Å². The van der Waals surface area contributed by atoms with Gasteiger partial charge in [-0.2, -0.15) is 10.4 Å². The minimum atomic E-state index is -0.337. The van der Waals surface area contributed by atoms with E-state index >= 15 is 0 Å². The van der Waals surface area contributed by atoms with E-state index in [1.165, 1.54) is 0 Å². The van der Waals surface area contributed by atoms with Crippen LogP contribution in [0.4, 0.5) is 17.3 Å². The first kappa shape index (κ1) is 17.4. The van der Waals surface area contributed by atoms with Crippen molar-refractivity contribution >= 4 is 28.1 Å². The Morgan fingerprint density at radius 1 is 1.25 bits per heavy atom. The standard InChI is InChI=1S/C20H18N8/c1-12-3-4-23-9-16(12)18-5-14-6-19(24-10-17(14)20(22)27-18)26-15-8-25-28(11-15)13(2)7-21/h3-6,8-11,13H,1-2H3,(H2,22,27)(H,24,26). The lowest BCUT2D eigenvalue weighted by molar-refractivity contribution is 0.591. The lowest BCUT2D eigenvalue weighted by atomic mass is 10.1. The van der Waals surface area contributed by atoms with Crippen molar-refractivity contribution in [3.8, 4) is 17.3 Å². The number of nitrogens with one attached hydrogen (secondary N) is 1. The van der Waals surface area contributed by atoms with E-state index in [2.05, 4.69) is 31.4 Å². The number of nitrogens with two attached hydrogens (primary N) is 1. The lowest BCUT2D eigenvalue weighted by Crippen LogP contribution is -2.02. The monoisotopic (exact) mass is 370 g/mol. The molecule has 28 heavy (non-hydrogen) atoms. The van der Waals surface area contributed by atoms with Crippen LogP contribution in [0.25, 0.3) is 22.0 Å². The Labute approximate surface area is 161 Å². The van der Waals surface area contributed by atoms with E-state index < -0.39 is 0 Å². The first-order valence-corrected chi connectivity index (χ1v) is 8.73. The molecule has 4 rings (SSSR count). The number of aryl methyl sites for hydroxylation is 1. The Morgan fingerprint density at radius 3 is 2.89 bits per heavy atom. The minimum absolute atomic E-state index is 0.337. The number of hydrogen-bond donors (Lipinski definition) is 2. The summed E-state index contributed by atoms with van der Waals surface area (Å²) in [6.45, 7) is 3.79. The Bertz CT molecular complexity index is 1200. The molecule has 4 aromatic heterocycles. The fourth-order valence-corrected chi connectivity index (χ4v) is 2.93. The molecule has 0 aromatic carbocycles. The maximum atomic E-state index is 9.01. The second-order valence-corrected chi connectivity index (χ2v) is 6.51. The normalized spacial score (nSPS) is 11.9. The number of rotatable bonds is 4. The van der Waals surface area contributed by atoms with Crippen LogP contribution >= 0.6 is 0 Å². The van der Waals surface area contributed by atoms with Gasteiger partial charge in [0.1, 0.15) is 17.7 Å². The van der Waals surface area contributed by atoms with Crippen LogP contribution < -0.4 is 11.1 Å². The van der Waals surface area contributed by atoms with Crippen LogP contribution in [0.15, 0.2) is 49.2 Å². The quantitative estimate of drug-likeness (QED) is 0.563. The van der Waals surface area contributed by atoms with Gasteiger partial charge in [0.2, 0.25) is 0 Å². The molecule has 0 bridgehead atoms. The van der Waals surface area contributed by atoms with Gasteiger partial charge in [-0.15, -0.1) is 0 Å². The van der Waals surface area contributed by atoms with Gasteiger partial charge in [0.25, 0.3) is 0 Å². The van der Waals surface area contributed by atoms with E-state index in [-0.39, 0.29) is 6.04 Å². The van der Waals surface area contributed by atoms with Crippen molar-refractivity contribution in [3.05, 3.63) is 54.7 Å². The molecule has 0 amide bonds. The number of nitriles is 1. The van der Waals surface area contributed by atoms with Crippen molar-refractivity contribution in [1.82, 2.24) is 24.7 Å². The summed E-state index contributed by atoms with van der Waals surface area (Å²) in [5.41, 5.74) is 9.70. The van der Waals surface area contributed by atoms with Crippen LogP contribution in [0.5, 0.6) is 0 Å². The maximum absolute atomic E-state index is 9.01. The molecule has 0 spiro atoms. The molecule has 1 unspecified atom stereocenters. The van der Waals surface area contributed by atoms with Crippen LogP contribution in [-0.2, 0) is 0 Å². The Morgan fingerprint density at radius 2 is 2.11 bits per heavy atom. The third-order valence-corrected chi connectivity index (χ3v) is 4.52. The van der Waals surface area contributed by atoms with E-state index in [0.29, 0.717) is 11.6 Å². The first-order valence-electron chi connectivity index (χ1n) is 8.73. The Hall–Kier alpha value is -3.99. The van der Waals surface area contributed by atoms with Crippen molar-refractivity contribution in [3.63, 3.8) is 0 Å². The number of nitrogen functional groups attached to an aromatic ring is 1. The summed E-state index contributed by atoms with van der Waals surface area (Å²) < 4.78 is 1.59. The average molecular weight is 370 g/mol. The SMILES string of the molecule is Cc1ccncc1-c1cc2cc(Nc3cnn(C(C)C#N)c3)ncc2c(N)n1. The molecule has 0 radical (unpaired) electrons. The molecule has 1 atom stereocenters. The van der Waals surface area contributed by atoms with Crippen LogP contribution in [0.1, 0.15) is 18.5 Å². The second kappa shape index (κ2) is 6.96. The predicted molar refractivity (Wildman–Crippen MR) is 108 cm³/mol. The molecule has 0 aliphatic carbocycles. The van der Waals surface area contributed by atoms with Gasteiger partial charge >= 0.3 is 0 Å². The fourth-order valence-electron chi connectivity index (χ4n) is 2.93. The number of aromatic nitrogens is 5. The molecule has 0 saturated carbocycles.